The van der Waals surface area contributed by atoms with Gasteiger partial charge in [0.05, 0.1) is 23.0 Å². The van der Waals surface area contributed by atoms with Gasteiger partial charge in [0.15, 0.2) is 18.9 Å². The van der Waals surface area contributed by atoms with E-state index in [0.29, 0.717) is 63.7 Å². The molecule has 304 valence electrons. The SMILES string of the molecule is COCOc1cc(-c2ncc3c(N4C[C@H]5CC[C@@H](C4)N5C(=O)OC(C)(C)C)nc(OCC=O)nc3c2F)c2c(C#C[Si](C(C)C)(C(C)C)C(C)C)c(F)ccc2c1. The van der Waals surface area contributed by atoms with E-state index in [2.05, 4.69) is 68.0 Å². The van der Waals surface area contributed by atoms with Crippen LogP contribution in [-0.4, -0.2) is 91.6 Å². The summed E-state index contributed by atoms with van der Waals surface area (Å²) in [5, 5.41) is 1.27. The van der Waals surface area contributed by atoms with E-state index >= 15 is 8.78 Å². The van der Waals surface area contributed by atoms with Crippen molar-refractivity contribution in [2.24, 2.45) is 0 Å². The minimum absolute atomic E-state index is 0.0745. The lowest BCUT2D eigenvalue weighted by Gasteiger charge is -2.42. The lowest BCUT2D eigenvalue weighted by Crippen LogP contribution is -2.57. The Labute approximate surface area is 334 Å². The van der Waals surface area contributed by atoms with Gasteiger partial charge in [0.2, 0.25) is 0 Å². The van der Waals surface area contributed by atoms with Gasteiger partial charge in [0.1, 0.15) is 48.9 Å². The number of amides is 1. The number of aromatic nitrogens is 3. The molecule has 6 rings (SSSR count). The molecule has 0 spiro atoms. The van der Waals surface area contributed by atoms with E-state index in [1.165, 1.54) is 19.4 Å². The van der Waals surface area contributed by atoms with Crippen molar-refractivity contribution < 1.29 is 37.3 Å². The first-order valence-electron chi connectivity index (χ1n) is 19.6. The van der Waals surface area contributed by atoms with Gasteiger partial charge < -0.3 is 23.8 Å². The molecule has 2 atom stereocenters. The van der Waals surface area contributed by atoms with Crippen molar-refractivity contribution in [1.82, 2.24) is 19.9 Å². The molecule has 4 aromatic rings. The number of nitrogens with zero attached hydrogens (tertiary/aromatic N) is 5. The number of benzene rings is 2. The first kappa shape index (κ1) is 41.8. The van der Waals surface area contributed by atoms with Gasteiger partial charge >= 0.3 is 12.1 Å². The van der Waals surface area contributed by atoms with Crippen molar-refractivity contribution in [3.8, 4) is 34.5 Å². The molecule has 0 radical (unpaired) electrons. The smallest absolute Gasteiger partial charge is 0.410 e. The summed E-state index contributed by atoms with van der Waals surface area (Å²) in [7, 11) is -0.814. The number of anilines is 1. The molecule has 2 aliphatic rings. The average Bonchev–Trinajstić information content (AvgIpc) is 3.42. The summed E-state index contributed by atoms with van der Waals surface area (Å²) in [6.07, 6.45) is 3.22. The highest BCUT2D eigenvalue weighted by atomic mass is 28.3. The molecule has 2 saturated heterocycles. The number of carbonyl (C=O) groups is 2. The van der Waals surface area contributed by atoms with Crippen LogP contribution < -0.4 is 14.4 Å². The maximum Gasteiger partial charge on any atom is 0.410 e. The number of piperazine rings is 1. The first-order chi connectivity index (χ1) is 27.0. The van der Waals surface area contributed by atoms with Crippen LogP contribution in [0.2, 0.25) is 16.6 Å². The monoisotopic (exact) mass is 801 g/mol. The van der Waals surface area contributed by atoms with E-state index in [1.807, 2.05) is 25.7 Å². The topological polar surface area (TPSA) is 116 Å². The molecule has 0 N–H and O–H groups in total. The molecule has 0 unspecified atom stereocenters. The van der Waals surface area contributed by atoms with E-state index in [9.17, 15) is 9.59 Å². The van der Waals surface area contributed by atoms with Crippen LogP contribution in [0.15, 0.2) is 30.5 Å². The summed E-state index contributed by atoms with van der Waals surface area (Å²) in [6, 6.07) is 5.82. The Hall–Kier alpha value is -4.87. The number of aldehydes is 1. The molecule has 2 aliphatic heterocycles. The molecule has 0 saturated carbocycles. The fourth-order valence-electron chi connectivity index (χ4n) is 8.85. The average molecular weight is 802 g/mol. The number of hydrogen-bond donors (Lipinski definition) is 0. The third kappa shape index (κ3) is 8.14. The molecule has 0 aliphatic carbocycles. The summed E-state index contributed by atoms with van der Waals surface area (Å²) in [5.74, 6) is 2.68. The molecular formula is C43H53F2N5O6Si. The molecule has 14 heteroatoms. The fourth-order valence-corrected chi connectivity index (χ4v) is 14.1. The summed E-state index contributed by atoms with van der Waals surface area (Å²) >= 11 is 0. The first-order valence-corrected chi connectivity index (χ1v) is 21.8. The largest absolute Gasteiger partial charge is 0.468 e. The Morgan fingerprint density at radius 1 is 1.00 bits per heavy atom. The maximum absolute atomic E-state index is 17.4. The Bertz CT molecular complexity index is 2200. The highest BCUT2D eigenvalue weighted by Crippen LogP contribution is 2.43. The number of ether oxygens (including phenoxy) is 4. The van der Waals surface area contributed by atoms with Gasteiger partial charge in [-0.1, -0.05) is 53.5 Å². The highest BCUT2D eigenvalue weighted by Gasteiger charge is 2.45. The highest BCUT2D eigenvalue weighted by molar-refractivity contribution is 6.90. The molecule has 2 aromatic heterocycles. The Balaban J connectivity index is 1.54. The predicted octanol–water partition coefficient (Wildman–Crippen LogP) is 8.84. The van der Waals surface area contributed by atoms with E-state index < -0.39 is 25.3 Å². The zero-order valence-electron chi connectivity index (χ0n) is 34.5. The van der Waals surface area contributed by atoms with Gasteiger partial charge in [-0.3, -0.25) is 14.7 Å². The van der Waals surface area contributed by atoms with Crippen molar-refractivity contribution in [1.29, 1.82) is 0 Å². The van der Waals surface area contributed by atoms with Crippen LogP contribution >= 0.6 is 0 Å². The Kier molecular flexibility index (Phi) is 12.1. The molecular weight excluding hydrogens is 749 g/mol. The molecule has 2 bridgehead atoms. The van der Waals surface area contributed by atoms with Gasteiger partial charge in [-0.05, 0) is 73.8 Å². The van der Waals surface area contributed by atoms with Crippen molar-refractivity contribution in [3.63, 3.8) is 0 Å². The van der Waals surface area contributed by atoms with Crippen molar-refractivity contribution in [2.75, 3.05) is 38.5 Å². The van der Waals surface area contributed by atoms with Crippen molar-refractivity contribution in [2.45, 2.75) is 109 Å². The van der Waals surface area contributed by atoms with Gasteiger partial charge in [0.25, 0.3) is 0 Å². The zero-order valence-corrected chi connectivity index (χ0v) is 35.5. The number of pyridine rings is 1. The van der Waals surface area contributed by atoms with Crippen LogP contribution in [0.25, 0.3) is 32.9 Å². The van der Waals surface area contributed by atoms with Gasteiger partial charge in [-0.2, -0.15) is 9.97 Å². The van der Waals surface area contributed by atoms with Crippen LogP contribution in [0, 0.1) is 23.1 Å². The number of fused-ring (bicyclic) bond motifs is 4. The summed E-state index contributed by atoms with van der Waals surface area (Å²) in [5.41, 5.74) is 4.10. The number of hydrogen-bond acceptors (Lipinski definition) is 10. The minimum Gasteiger partial charge on any atom is -0.468 e. The number of methoxy groups -OCH3 is 1. The van der Waals surface area contributed by atoms with Crippen molar-refractivity contribution in [3.05, 3.63) is 47.7 Å². The molecule has 57 heavy (non-hydrogen) atoms. The number of carbonyl (C=O) groups excluding carboxylic acids is 2. The molecule has 2 aromatic carbocycles. The normalized spacial score (nSPS) is 17.1. The van der Waals surface area contributed by atoms with Crippen molar-refractivity contribution >= 4 is 47.9 Å². The molecule has 11 nitrogen and oxygen atoms in total. The number of halogens is 2. The van der Waals surface area contributed by atoms with Crippen LogP contribution in [0.5, 0.6) is 11.8 Å². The van der Waals surface area contributed by atoms with Gasteiger partial charge in [0, 0.05) is 37.3 Å². The Morgan fingerprint density at radius 2 is 1.67 bits per heavy atom. The van der Waals surface area contributed by atoms with Gasteiger partial charge in [-0.15, -0.1) is 5.54 Å². The summed E-state index contributed by atoms with van der Waals surface area (Å²) in [6.45, 7) is 19.0. The lowest BCUT2D eigenvalue weighted by atomic mass is 9.95. The summed E-state index contributed by atoms with van der Waals surface area (Å²) in [4.78, 5) is 42.1. The molecule has 4 heterocycles. The van der Waals surface area contributed by atoms with Crippen LogP contribution in [0.4, 0.5) is 19.4 Å². The fraction of sp³-hybridized carbons (Fsp3) is 0.512. The third-order valence-electron chi connectivity index (χ3n) is 11.2. The molecule has 1 amide bonds. The second-order valence-electron chi connectivity index (χ2n) is 16.9. The zero-order chi connectivity index (χ0) is 41.4. The minimum atomic E-state index is -2.31. The third-order valence-corrected chi connectivity index (χ3v) is 17.5. The van der Waals surface area contributed by atoms with E-state index in [-0.39, 0.29) is 59.9 Å². The second-order valence-corrected chi connectivity index (χ2v) is 22.4. The van der Waals surface area contributed by atoms with E-state index in [4.69, 9.17) is 18.9 Å². The maximum atomic E-state index is 17.4. The van der Waals surface area contributed by atoms with E-state index in [0.717, 1.165) is 12.8 Å². The summed E-state index contributed by atoms with van der Waals surface area (Å²) < 4.78 is 55.9. The number of rotatable bonds is 11. The van der Waals surface area contributed by atoms with Gasteiger partial charge in [-0.25, -0.2) is 13.6 Å². The molecule has 2 fully saturated rings. The van der Waals surface area contributed by atoms with Crippen LogP contribution in [0.1, 0.15) is 80.7 Å². The van der Waals surface area contributed by atoms with Crippen LogP contribution in [-0.2, 0) is 14.3 Å². The standard InChI is InChI=1S/C43H53F2N5O6Si/c1-25(2)57(26(3)4,27(5)6)18-15-32-35(44)14-11-28-19-31(55-24-53-10)20-33(36(28)32)38-37(45)39-34(21-46-38)40(48-41(47-39)54-17-16-51)49-22-29-12-13-30(23-49)50(29)42(52)56-43(7,8)9/h11,14,16,19-21,25-27,29-30H,12-13,17,22-24H2,1-10H3/t29-,30+. The lowest BCUT2D eigenvalue weighted by molar-refractivity contribution is -0.109. The van der Waals surface area contributed by atoms with E-state index in [1.54, 1.807) is 23.1 Å². The quantitative estimate of drug-likeness (QED) is 0.0631. The predicted molar refractivity (Wildman–Crippen MR) is 219 cm³/mol. The van der Waals surface area contributed by atoms with Crippen LogP contribution in [0.3, 0.4) is 0 Å². The second kappa shape index (κ2) is 16.5. The Morgan fingerprint density at radius 3 is 2.26 bits per heavy atom.